The molecule has 0 saturated carbocycles. The van der Waals surface area contributed by atoms with Crippen LogP contribution in [0.2, 0.25) is 0 Å². The minimum atomic E-state index is -0.995. The van der Waals surface area contributed by atoms with Crippen LogP contribution < -0.4 is 0 Å². The lowest BCUT2D eigenvalue weighted by Crippen LogP contribution is -2.16. The highest BCUT2D eigenvalue weighted by molar-refractivity contribution is 5.46. The Labute approximate surface area is 99.0 Å². The third-order valence-corrected chi connectivity index (χ3v) is 2.38. The van der Waals surface area contributed by atoms with Crippen LogP contribution in [-0.2, 0) is 5.60 Å². The first-order valence-electron chi connectivity index (χ1n) is 5.15. The van der Waals surface area contributed by atoms with Gasteiger partial charge in [0.1, 0.15) is 11.7 Å². The minimum absolute atomic E-state index is 0.442. The molecule has 0 bridgehead atoms. The quantitative estimate of drug-likeness (QED) is 0.842. The summed E-state index contributed by atoms with van der Waals surface area (Å²) >= 11 is 0. The van der Waals surface area contributed by atoms with Crippen LogP contribution in [0.3, 0.4) is 0 Å². The van der Waals surface area contributed by atoms with Gasteiger partial charge in [-0.05, 0) is 26.0 Å². The summed E-state index contributed by atoms with van der Waals surface area (Å²) in [4.78, 5) is 3.88. The molecule has 5 heteroatoms. The highest BCUT2D eigenvalue weighted by Crippen LogP contribution is 2.19. The Bertz CT molecular complexity index is 575. The Hall–Kier alpha value is -2.19. The summed E-state index contributed by atoms with van der Waals surface area (Å²) in [6.07, 6.45) is 4.80. The normalized spacial score (nSPS) is 11.2. The lowest BCUT2D eigenvalue weighted by molar-refractivity contribution is 0.0734. The second kappa shape index (κ2) is 4.00. The van der Waals surface area contributed by atoms with Gasteiger partial charge in [-0.2, -0.15) is 10.4 Å². The fourth-order valence-electron chi connectivity index (χ4n) is 1.46. The molecular formula is C12H12N4O. The molecule has 0 saturated heterocycles. The highest BCUT2D eigenvalue weighted by atomic mass is 16.3. The van der Waals surface area contributed by atoms with Crippen LogP contribution >= 0.6 is 0 Å². The molecule has 0 amide bonds. The van der Waals surface area contributed by atoms with Crippen molar-refractivity contribution < 1.29 is 5.11 Å². The summed E-state index contributed by atoms with van der Waals surface area (Å²) < 4.78 is 1.56. The molecule has 0 aromatic carbocycles. The topological polar surface area (TPSA) is 74.7 Å². The average molecular weight is 228 g/mol. The molecule has 0 spiro atoms. The molecule has 1 N–H and O–H groups in total. The van der Waals surface area contributed by atoms with Crippen molar-refractivity contribution in [1.29, 1.82) is 5.26 Å². The largest absolute Gasteiger partial charge is 0.384 e. The van der Waals surface area contributed by atoms with Crippen molar-refractivity contribution in [3.8, 4) is 11.8 Å². The van der Waals surface area contributed by atoms with E-state index in [1.165, 1.54) is 6.20 Å². The second-order valence-electron chi connectivity index (χ2n) is 4.21. The van der Waals surface area contributed by atoms with Crippen LogP contribution in [0.4, 0.5) is 0 Å². The van der Waals surface area contributed by atoms with Crippen LogP contribution in [0.15, 0.2) is 30.7 Å². The second-order valence-corrected chi connectivity index (χ2v) is 4.21. The molecule has 5 nitrogen and oxygen atoms in total. The summed E-state index contributed by atoms with van der Waals surface area (Å²) in [5.74, 6) is 0. The number of rotatable bonds is 2. The summed E-state index contributed by atoms with van der Waals surface area (Å²) in [5.41, 5.74) is 0.652. The Balaban J connectivity index is 2.49. The maximum absolute atomic E-state index is 9.82. The molecule has 0 unspecified atom stereocenters. The van der Waals surface area contributed by atoms with E-state index in [2.05, 4.69) is 16.2 Å². The third kappa shape index (κ3) is 2.17. The zero-order valence-corrected chi connectivity index (χ0v) is 9.62. The van der Waals surface area contributed by atoms with Crippen molar-refractivity contribution in [2.24, 2.45) is 0 Å². The molecule has 17 heavy (non-hydrogen) atoms. The number of nitriles is 1. The van der Waals surface area contributed by atoms with E-state index in [9.17, 15) is 5.11 Å². The summed E-state index contributed by atoms with van der Waals surface area (Å²) in [6.45, 7) is 3.33. The van der Waals surface area contributed by atoms with E-state index < -0.39 is 5.60 Å². The van der Waals surface area contributed by atoms with Gasteiger partial charge in [-0.15, -0.1) is 0 Å². The van der Waals surface area contributed by atoms with Crippen molar-refractivity contribution in [3.63, 3.8) is 0 Å². The Kier molecular flexibility index (Phi) is 2.66. The standard InChI is InChI=1S/C12H12N4O/c1-12(2,17)11-4-6-16(15-11)10-3-5-14-8-9(10)7-13/h3-6,8,17H,1-2H3. The maximum Gasteiger partial charge on any atom is 0.103 e. The van der Waals surface area contributed by atoms with Gasteiger partial charge in [0.2, 0.25) is 0 Å². The van der Waals surface area contributed by atoms with Gasteiger partial charge < -0.3 is 5.11 Å². The van der Waals surface area contributed by atoms with E-state index in [1.54, 1.807) is 43.1 Å². The summed E-state index contributed by atoms with van der Waals surface area (Å²) in [5, 5.41) is 23.0. The van der Waals surface area contributed by atoms with Crippen LogP contribution in [-0.4, -0.2) is 19.9 Å². The highest BCUT2D eigenvalue weighted by Gasteiger charge is 2.19. The van der Waals surface area contributed by atoms with E-state index in [1.807, 2.05) is 0 Å². The number of aliphatic hydroxyl groups is 1. The molecule has 0 fully saturated rings. The van der Waals surface area contributed by atoms with Gasteiger partial charge in [-0.3, -0.25) is 4.98 Å². The van der Waals surface area contributed by atoms with Gasteiger partial charge in [-0.1, -0.05) is 0 Å². The monoisotopic (exact) mass is 228 g/mol. The number of nitrogens with zero attached hydrogens (tertiary/aromatic N) is 4. The maximum atomic E-state index is 9.82. The molecule has 0 radical (unpaired) electrons. The zero-order chi connectivity index (χ0) is 12.5. The van der Waals surface area contributed by atoms with Crippen LogP contribution in [0, 0.1) is 11.3 Å². The smallest absolute Gasteiger partial charge is 0.103 e. The van der Waals surface area contributed by atoms with E-state index in [0.717, 1.165) is 0 Å². The van der Waals surface area contributed by atoms with Crippen molar-refractivity contribution in [2.45, 2.75) is 19.4 Å². The SMILES string of the molecule is CC(C)(O)c1ccn(-c2ccncc2C#N)n1. The summed E-state index contributed by atoms with van der Waals surface area (Å²) in [6, 6.07) is 5.49. The molecule has 2 aromatic rings. The molecule has 2 aromatic heterocycles. The fourth-order valence-corrected chi connectivity index (χ4v) is 1.46. The number of hydrogen-bond acceptors (Lipinski definition) is 4. The van der Waals surface area contributed by atoms with Gasteiger partial charge in [0.05, 0.1) is 16.9 Å². The van der Waals surface area contributed by atoms with Crippen LogP contribution in [0.5, 0.6) is 0 Å². The predicted octanol–water partition coefficient (Wildman–Crippen LogP) is 1.37. The number of pyridine rings is 1. The van der Waals surface area contributed by atoms with Gasteiger partial charge in [0, 0.05) is 18.6 Å². The Morgan fingerprint density at radius 1 is 1.41 bits per heavy atom. The predicted molar refractivity (Wildman–Crippen MR) is 61.3 cm³/mol. The first-order valence-corrected chi connectivity index (χ1v) is 5.15. The first-order chi connectivity index (χ1) is 8.02. The van der Waals surface area contributed by atoms with Gasteiger partial charge >= 0.3 is 0 Å². The first kappa shape index (κ1) is 11.3. The lowest BCUT2D eigenvalue weighted by Gasteiger charge is -2.13. The van der Waals surface area contributed by atoms with Crippen molar-refractivity contribution in [2.75, 3.05) is 0 Å². The number of hydrogen-bond donors (Lipinski definition) is 1. The Morgan fingerprint density at radius 3 is 2.76 bits per heavy atom. The van der Waals surface area contributed by atoms with E-state index >= 15 is 0 Å². The molecule has 2 heterocycles. The number of aromatic nitrogens is 3. The van der Waals surface area contributed by atoms with Gasteiger partial charge in [0.25, 0.3) is 0 Å². The van der Waals surface area contributed by atoms with Crippen LogP contribution in [0.1, 0.15) is 25.1 Å². The van der Waals surface area contributed by atoms with Crippen LogP contribution in [0.25, 0.3) is 5.69 Å². The van der Waals surface area contributed by atoms with E-state index in [0.29, 0.717) is 16.9 Å². The lowest BCUT2D eigenvalue weighted by atomic mass is 10.1. The summed E-state index contributed by atoms with van der Waals surface area (Å²) in [7, 11) is 0. The third-order valence-electron chi connectivity index (χ3n) is 2.38. The molecule has 0 atom stereocenters. The van der Waals surface area contributed by atoms with Crippen molar-refractivity contribution in [3.05, 3.63) is 42.0 Å². The van der Waals surface area contributed by atoms with Gasteiger partial charge in [0.15, 0.2) is 0 Å². The van der Waals surface area contributed by atoms with Gasteiger partial charge in [-0.25, -0.2) is 4.68 Å². The molecule has 86 valence electrons. The average Bonchev–Trinajstić information content (AvgIpc) is 2.77. The molecular weight excluding hydrogens is 216 g/mol. The molecule has 0 aliphatic heterocycles. The van der Waals surface area contributed by atoms with Crippen molar-refractivity contribution >= 4 is 0 Å². The van der Waals surface area contributed by atoms with Crippen molar-refractivity contribution in [1.82, 2.24) is 14.8 Å². The Morgan fingerprint density at radius 2 is 2.18 bits per heavy atom. The molecule has 2 rings (SSSR count). The minimum Gasteiger partial charge on any atom is -0.384 e. The zero-order valence-electron chi connectivity index (χ0n) is 9.62. The fraction of sp³-hybridized carbons (Fsp3) is 0.250. The van der Waals surface area contributed by atoms with E-state index in [4.69, 9.17) is 5.26 Å². The van der Waals surface area contributed by atoms with E-state index in [-0.39, 0.29) is 0 Å². The molecule has 0 aliphatic rings. The molecule has 0 aliphatic carbocycles.